The Morgan fingerprint density at radius 1 is 1.21 bits per heavy atom. The molecule has 0 saturated carbocycles. The third kappa shape index (κ3) is 4.06. The van der Waals surface area contributed by atoms with Crippen molar-refractivity contribution < 1.29 is 18.3 Å². The Balaban J connectivity index is 2.03. The zero-order valence-corrected chi connectivity index (χ0v) is 17.9. The molecule has 29 heavy (non-hydrogen) atoms. The van der Waals surface area contributed by atoms with Gasteiger partial charge in [-0.25, -0.2) is 19.3 Å². The molecule has 5 nitrogen and oxygen atoms in total. The van der Waals surface area contributed by atoms with Gasteiger partial charge in [-0.15, -0.1) is 0 Å². The highest BCUT2D eigenvalue weighted by atomic mass is 79.9. The van der Waals surface area contributed by atoms with Gasteiger partial charge in [-0.2, -0.15) is 8.78 Å². The van der Waals surface area contributed by atoms with Crippen molar-refractivity contribution in [2.24, 2.45) is 0 Å². The minimum Gasteiger partial charge on any atom is -0.384 e. The third-order valence-corrected chi connectivity index (χ3v) is 5.05. The van der Waals surface area contributed by atoms with Gasteiger partial charge in [0.05, 0.1) is 23.3 Å². The van der Waals surface area contributed by atoms with E-state index in [4.69, 9.17) is 0 Å². The summed E-state index contributed by atoms with van der Waals surface area (Å²) in [7, 11) is 0. The molecule has 0 amide bonds. The van der Waals surface area contributed by atoms with Gasteiger partial charge in [0.2, 0.25) is 0 Å². The average Bonchev–Trinajstić information content (AvgIpc) is 2.61. The normalized spacial score (nSPS) is 13.6. The molecule has 0 radical (unpaired) electrons. The molecule has 0 aliphatic carbocycles. The van der Waals surface area contributed by atoms with Crippen molar-refractivity contribution in [1.82, 2.24) is 15.0 Å². The summed E-state index contributed by atoms with van der Waals surface area (Å²) in [5, 5.41) is 13.5. The lowest BCUT2D eigenvalue weighted by molar-refractivity contribution is -0.170. The van der Waals surface area contributed by atoms with Crippen LogP contribution in [-0.2, 0) is 5.92 Å². The molecule has 0 aliphatic heterocycles. The molecular formula is C20H20BrF3N4O. The van der Waals surface area contributed by atoms with E-state index in [9.17, 15) is 13.9 Å². The Morgan fingerprint density at radius 3 is 2.55 bits per heavy atom. The highest BCUT2D eigenvalue weighted by molar-refractivity contribution is 9.10. The summed E-state index contributed by atoms with van der Waals surface area (Å²) in [4.78, 5) is 12.8. The lowest BCUT2D eigenvalue weighted by Gasteiger charge is -2.30. The molecule has 2 aromatic heterocycles. The van der Waals surface area contributed by atoms with Crippen LogP contribution < -0.4 is 5.32 Å². The summed E-state index contributed by atoms with van der Waals surface area (Å²) in [5.41, 5.74) is -2.64. The van der Waals surface area contributed by atoms with Gasteiger partial charge in [0.1, 0.15) is 27.7 Å². The number of aryl methyl sites for hydroxylation is 1. The number of hydrogen-bond donors (Lipinski definition) is 2. The maximum Gasteiger partial charge on any atom is 0.303 e. The molecule has 1 atom stereocenters. The second kappa shape index (κ2) is 7.53. The zero-order valence-electron chi connectivity index (χ0n) is 16.3. The lowest BCUT2D eigenvalue weighted by atomic mass is 9.91. The van der Waals surface area contributed by atoms with Crippen molar-refractivity contribution in [3.05, 3.63) is 57.8 Å². The fourth-order valence-electron chi connectivity index (χ4n) is 2.97. The van der Waals surface area contributed by atoms with Crippen LogP contribution in [0.25, 0.3) is 10.9 Å². The number of anilines is 1. The number of pyridine rings is 1. The Labute approximate surface area is 174 Å². The van der Waals surface area contributed by atoms with E-state index in [0.717, 1.165) is 19.9 Å². The lowest BCUT2D eigenvalue weighted by Crippen LogP contribution is -2.41. The van der Waals surface area contributed by atoms with Crippen LogP contribution in [0.5, 0.6) is 0 Å². The fraction of sp³-hybridized carbons (Fsp3) is 0.350. The van der Waals surface area contributed by atoms with E-state index >= 15 is 4.39 Å². The van der Waals surface area contributed by atoms with E-state index < -0.39 is 28.9 Å². The smallest absolute Gasteiger partial charge is 0.303 e. The molecule has 9 heteroatoms. The zero-order chi connectivity index (χ0) is 21.6. The molecule has 2 heterocycles. The van der Waals surface area contributed by atoms with Gasteiger partial charge in [0.25, 0.3) is 0 Å². The van der Waals surface area contributed by atoms with Gasteiger partial charge in [-0.3, -0.25) is 0 Å². The molecule has 3 aromatic rings. The van der Waals surface area contributed by atoms with Gasteiger partial charge in [-0.05, 0) is 55.8 Å². The largest absolute Gasteiger partial charge is 0.384 e. The van der Waals surface area contributed by atoms with Crippen molar-refractivity contribution in [2.75, 3.05) is 5.32 Å². The molecule has 1 unspecified atom stereocenters. The number of hydrogen-bond acceptors (Lipinski definition) is 5. The summed E-state index contributed by atoms with van der Waals surface area (Å²) < 4.78 is 44.7. The quantitative estimate of drug-likeness (QED) is 0.499. The third-order valence-electron chi connectivity index (χ3n) is 4.62. The van der Waals surface area contributed by atoms with E-state index in [-0.39, 0.29) is 5.56 Å². The number of nitrogens with one attached hydrogen (secondary N) is 1. The van der Waals surface area contributed by atoms with Crippen LogP contribution in [-0.4, -0.2) is 25.7 Å². The molecule has 1 aromatic carbocycles. The Morgan fingerprint density at radius 2 is 1.90 bits per heavy atom. The van der Waals surface area contributed by atoms with Crippen LogP contribution >= 0.6 is 15.9 Å². The maximum atomic E-state index is 15.0. The summed E-state index contributed by atoms with van der Waals surface area (Å²) in [5.74, 6) is -3.92. The summed E-state index contributed by atoms with van der Waals surface area (Å²) in [6.45, 7) is 5.25. The summed E-state index contributed by atoms with van der Waals surface area (Å²) in [6, 6.07) is 4.78. The minimum absolute atomic E-state index is 0.0314. The minimum atomic E-state index is -3.76. The number of fused-ring (bicyclic) bond motifs is 1. The molecule has 0 saturated heterocycles. The van der Waals surface area contributed by atoms with Gasteiger partial charge >= 0.3 is 5.92 Å². The fourth-order valence-corrected chi connectivity index (χ4v) is 3.30. The van der Waals surface area contributed by atoms with Crippen molar-refractivity contribution >= 4 is 32.7 Å². The van der Waals surface area contributed by atoms with E-state index in [2.05, 4.69) is 36.2 Å². The van der Waals surface area contributed by atoms with Crippen molar-refractivity contribution in [1.29, 1.82) is 0 Å². The number of aromatic nitrogens is 3. The van der Waals surface area contributed by atoms with E-state index in [1.807, 2.05) is 0 Å². The molecule has 0 fully saturated rings. The first kappa shape index (κ1) is 21.4. The number of nitrogens with zero attached hydrogens (tertiary/aromatic N) is 3. The Bertz CT molecular complexity index is 1070. The van der Waals surface area contributed by atoms with Crippen LogP contribution in [0.1, 0.15) is 43.8 Å². The van der Waals surface area contributed by atoms with Crippen LogP contribution in [0.4, 0.5) is 19.0 Å². The number of rotatable bonds is 5. The predicted octanol–water partition coefficient (Wildman–Crippen LogP) is 5.27. The molecule has 2 N–H and O–H groups in total. The van der Waals surface area contributed by atoms with E-state index in [1.54, 1.807) is 26.1 Å². The number of alkyl halides is 2. The topological polar surface area (TPSA) is 70.9 Å². The van der Waals surface area contributed by atoms with Crippen LogP contribution in [0.15, 0.2) is 35.1 Å². The second-order valence-corrected chi connectivity index (χ2v) is 8.16. The SMILES string of the molecule is Cc1nc(NC(C)c2cccc(C(F)(F)C(C)(C)O)c2F)c2cc(Br)ncc2n1. The number of benzene rings is 1. The van der Waals surface area contributed by atoms with E-state index in [0.29, 0.717) is 27.1 Å². The van der Waals surface area contributed by atoms with Crippen LogP contribution in [0.3, 0.4) is 0 Å². The molecular weight excluding hydrogens is 449 g/mol. The highest BCUT2D eigenvalue weighted by Crippen LogP contribution is 2.41. The van der Waals surface area contributed by atoms with Gasteiger partial charge in [-0.1, -0.05) is 12.1 Å². The monoisotopic (exact) mass is 468 g/mol. The Kier molecular flexibility index (Phi) is 5.57. The number of aliphatic hydroxyl groups is 1. The van der Waals surface area contributed by atoms with Crippen LogP contribution in [0.2, 0.25) is 0 Å². The highest BCUT2D eigenvalue weighted by Gasteiger charge is 2.49. The average molecular weight is 469 g/mol. The van der Waals surface area contributed by atoms with Crippen molar-refractivity contribution in [3.63, 3.8) is 0 Å². The van der Waals surface area contributed by atoms with Crippen LogP contribution in [0, 0.1) is 12.7 Å². The molecule has 154 valence electrons. The first-order valence-corrected chi connectivity index (χ1v) is 9.66. The first-order chi connectivity index (χ1) is 13.4. The van der Waals surface area contributed by atoms with Gasteiger partial charge in [0, 0.05) is 10.9 Å². The first-order valence-electron chi connectivity index (χ1n) is 8.87. The maximum absolute atomic E-state index is 15.0. The van der Waals surface area contributed by atoms with Crippen molar-refractivity contribution in [3.8, 4) is 0 Å². The molecule has 3 rings (SSSR count). The second-order valence-electron chi connectivity index (χ2n) is 7.35. The molecule has 0 bridgehead atoms. The summed E-state index contributed by atoms with van der Waals surface area (Å²) in [6.07, 6.45) is 1.58. The van der Waals surface area contributed by atoms with Crippen molar-refractivity contribution in [2.45, 2.75) is 45.3 Å². The van der Waals surface area contributed by atoms with E-state index in [1.165, 1.54) is 12.1 Å². The standard InChI is InChI=1S/C20H20BrF3N4O/c1-10(12-6-5-7-14(17(12)22)20(23,24)19(3,4)29)26-18-13-8-16(21)25-9-15(13)27-11(2)28-18/h5-10,29H,1-4H3,(H,26,27,28). The Hall–Kier alpha value is -2.26. The molecule has 0 spiro atoms. The number of halogens is 4. The molecule has 0 aliphatic rings. The van der Waals surface area contributed by atoms with Gasteiger partial charge < -0.3 is 10.4 Å². The predicted molar refractivity (Wildman–Crippen MR) is 108 cm³/mol. The summed E-state index contributed by atoms with van der Waals surface area (Å²) >= 11 is 3.30. The van der Waals surface area contributed by atoms with Gasteiger partial charge in [0.15, 0.2) is 0 Å².